The Kier molecular flexibility index (Phi) is 5.94. The first kappa shape index (κ1) is 15.3. The summed E-state index contributed by atoms with van der Waals surface area (Å²) < 4.78 is 25.4. The fourth-order valence-electron chi connectivity index (χ4n) is 1.15. The summed E-state index contributed by atoms with van der Waals surface area (Å²) in [5.41, 5.74) is 6.24. The second kappa shape index (κ2) is 6.98. The van der Waals surface area contributed by atoms with Crippen LogP contribution in [0.2, 0.25) is 0 Å². The van der Waals surface area contributed by atoms with Crippen LogP contribution in [-0.4, -0.2) is 37.7 Å². The normalized spacial score (nSPS) is 13.4. The Morgan fingerprint density at radius 3 is 2.56 bits per heavy atom. The largest absolute Gasteiger partial charge is 0.399 e. The van der Waals surface area contributed by atoms with Gasteiger partial charge < -0.3 is 10.8 Å². The molecule has 0 saturated heterocycles. The highest BCUT2D eigenvalue weighted by molar-refractivity contribution is 8.00. The summed E-state index contributed by atoms with van der Waals surface area (Å²) in [4.78, 5) is 0.981. The molecule has 0 unspecified atom stereocenters. The SMILES string of the molecule is C[C@@H](O)CNS(=O)(=O)CCSc1ccc(N)cc1. The number of nitrogens with two attached hydrogens (primary N) is 1. The molecule has 7 heteroatoms. The van der Waals surface area contributed by atoms with E-state index in [2.05, 4.69) is 4.72 Å². The topological polar surface area (TPSA) is 92.4 Å². The molecule has 102 valence electrons. The molecule has 1 aromatic rings. The number of sulfonamides is 1. The van der Waals surface area contributed by atoms with Gasteiger partial charge in [0.25, 0.3) is 0 Å². The van der Waals surface area contributed by atoms with Crippen LogP contribution in [0, 0.1) is 0 Å². The lowest BCUT2D eigenvalue weighted by Gasteiger charge is -2.08. The van der Waals surface area contributed by atoms with E-state index in [1.165, 1.54) is 18.7 Å². The predicted molar refractivity (Wildman–Crippen MR) is 75.0 cm³/mol. The van der Waals surface area contributed by atoms with Gasteiger partial charge in [-0.25, -0.2) is 13.1 Å². The van der Waals surface area contributed by atoms with E-state index in [0.717, 1.165) is 4.90 Å². The summed E-state index contributed by atoms with van der Waals surface area (Å²) in [6, 6.07) is 7.27. The Balaban J connectivity index is 2.34. The minimum absolute atomic E-state index is 0.0226. The van der Waals surface area contributed by atoms with Crippen molar-refractivity contribution in [3.05, 3.63) is 24.3 Å². The molecule has 5 nitrogen and oxygen atoms in total. The molecule has 0 bridgehead atoms. The molecular formula is C11H18N2O3S2. The molecule has 0 amide bonds. The van der Waals surface area contributed by atoms with Gasteiger partial charge in [0.2, 0.25) is 10.0 Å². The molecule has 0 aliphatic rings. The van der Waals surface area contributed by atoms with Gasteiger partial charge in [0.15, 0.2) is 0 Å². The summed E-state index contributed by atoms with van der Waals surface area (Å²) in [6.45, 7) is 1.58. The molecule has 0 aromatic heterocycles. The lowest BCUT2D eigenvalue weighted by Crippen LogP contribution is -2.33. The minimum atomic E-state index is -3.31. The summed E-state index contributed by atoms with van der Waals surface area (Å²) in [6.07, 6.45) is -0.676. The van der Waals surface area contributed by atoms with E-state index in [9.17, 15) is 8.42 Å². The van der Waals surface area contributed by atoms with E-state index in [0.29, 0.717) is 11.4 Å². The zero-order valence-corrected chi connectivity index (χ0v) is 11.8. The summed E-state index contributed by atoms with van der Waals surface area (Å²) in [5.74, 6) is 0.480. The lowest BCUT2D eigenvalue weighted by atomic mass is 10.3. The minimum Gasteiger partial charge on any atom is -0.399 e. The number of thioether (sulfide) groups is 1. The molecular weight excluding hydrogens is 272 g/mol. The van der Waals surface area contributed by atoms with Crippen molar-refractivity contribution in [1.29, 1.82) is 0 Å². The van der Waals surface area contributed by atoms with Crippen LogP contribution in [0.25, 0.3) is 0 Å². The first-order valence-electron chi connectivity index (χ1n) is 5.53. The molecule has 4 N–H and O–H groups in total. The third kappa shape index (κ3) is 6.25. The van der Waals surface area contributed by atoms with E-state index >= 15 is 0 Å². The maximum absolute atomic E-state index is 11.5. The van der Waals surface area contributed by atoms with E-state index in [1.807, 2.05) is 12.1 Å². The number of hydrogen-bond donors (Lipinski definition) is 3. The summed E-state index contributed by atoms with van der Waals surface area (Å²) >= 11 is 1.45. The number of aliphatic hydroxyl groups excluding tert-OH is 1. The Hall–Kier alpha value is -0.760. The Labute approximate surface area is 112 Å². The standard InChI is InChI=1S/C11H18N2O3S2/c1-9(14)8-13-18(15,16)7-6-17-11-4-2-10(12)3-5-11/h2-5,9,13-14H,6-8,12H2,1H3/t9-/m1/s1. The van der Waals surface area contributed by atoms with Gasteiger partial charge >= 0.3 is 0 Å². The fraction of sp³-hybridized carbons (Fsp3) is 0.455. The molecule has 1 aromatic carbocycles. The van der Waals surface area contributed by atoms with E-state index in [4.69, 9.17) is 10.8 Å². The average molecular weight is 290 g/mol. The number of anilines is 1. The van der Waals surface area contributed by atoms with Crippen LogP contribution in [0.1, 0.15) is 6.92 Å². The van der Waals surface area contributed by atoms with Crippen LogP contribution in [0.5, 0.6) is 0 Å². The Bertz CT molecular complexity index is 458. The molecule has 1 rings (SSSR count). The summed E-state index contributed by atoms with van der Waals surface area (Å²) in [7, 11) is -3.31. The van der Waals surface area contributed by atoms with Crippen molar-refractivity contribution >= 4 is 27.5 Å². The van der Waals surface area contributed by atoms with Crippen LogP contribution < -0.4 is 10.5 Å². The number of nitrogen functional groups attached to an aromatic ring is 1. The van der Waals surface area contributed by atoms with E-state index < -0.39 is 16.1 Å². The van der Waals surface area contributed by atoms with Gasteiger partial charge in [0.1, 0.15) is 0 Å². The first-order valence-corrected chi connectivity index (χ1v) is 8.16. The molecule has 0 spiro atoms. The average Bonchev–Trinajstić information content (AvgIpc) is 2.29. The molecule has 0 saturated carbocycles. The number of nitrogens with one attached hydrogen (secondary N) is 1. The highest BCUT2D eigenvalue weighted by Gasteiger charge is 2.10. The molecule has 0 aliphatic carbocycles. The maximum Gasteiger partial charge on any atom is 0.212 e. The highest BCUT2D eigenvalue weighted by Crippen LogP contribution is 2.19. The highest BCUT2D eigenvalue weighted by atomic mass is 32.2. The van der Waals surface area contributed by atoms with Gasteiger partial charge in [-0.1, -0.05) is 0 Å². The molecule has 1 atom stereocenters. The number of rotatable bonds is 7. The van der Waals surface area contributed by atoms with Gasteiger partial charge in [-0.3, -0.25) is 0 Å². The Morgan fingerprint density at radius 1 is 1.39 bits per heavy atom. The third-order valence-electron chi connectivity index (χ3n) is 2.10. The zero-order chi connectivity index (χ0) is 13.6. The van der Waals surface area contributed by atoms with Gasteiger partial charge in [-0.15, -0.1) is 11.8 Å². The van der Waals surface area contributed by atoms with Crippen LogP contribution in [-0.2, 0) is 10.0 Å². The molecule has 0 aliphatic heterocycles. The van der Waals surface area contributed by atoms with Gasteiger partial charge in [-0.2, -0.15) is 0 Å². The second-order valence-corrected chi connectivity index (χ2v) is 7.03. The smallest absolute Gasteiger partial charge is 0.212 e. The van der Waals surface area contributed by atoms with Crippen LogP contribution in [0.4, 0.5) is 5.69 Å². The van der Waals surface area contributed by atoms with Gasteiger partial charge in [0, 0.05) is 22.9 Å². The van der Waals surface area contributed by atoms with Gasteiger partial charge in [0.05, 0.1) is 11.9 Å². The molecule has 0 heterocycles. The number of benzene rings is 1. The van der Waals surface area contributed by atoms with Crippen molar-refractivity contribution in [2.24, 2.45) is 0 Å². The van der Waals surface area contributed by atoms with Crippen molar-refractivity contribution < 1.29 is 13.5 Å². The molecule has 0 fully saturated rings. The van der Waals surface area contributed by atoms with Crippen molar-refractivity contribution in [3.8, 4) is 0 Å². The maximum atomic E-state index is 11.5. The van der Waals surface area contributed by atoms with Crippen molar-refractivity contribution in [2.45, 2.75) is 17.9 Å². The molecule has 0 radical (unpaired) electrons. The quantitative estimate of drug-likeness (QED) is 0.507. The van der Waals surface area contributed by atoms with E-state index in [-0.39, 0.29) is 12.3 Å². The van der Waals surface area contributed by atoms with Gasteiger partial charge in [-0.05, 0) is 31.2 Å². The van der Waals surface area contributed by atoms with Crippen LogP contribution >= 0.6 is 11.8 Å². The zero-order valence-electron chi connectivity index (χ0n) is 10.2. The fourth-order valence-corrected chi connectivity index (χ4v) is 3.57. The monoisotopic (exact) mass is 290 g/mol. The van der Waals surface area contributed by atoms with Crippen LogP contribution in [0.3, 0.4) is 0 Å². The lowest BCUT2D eigenvalue weighted by molar-refractivity contribution is 0.198. The first-order chi connectivity index (χ1) is 8.39. The predicted octanol–water partition coefficient (Wildman–Crippen LogP) is 0.661. The Morgan fingerprint density at radius 2 is 2.00 bits per heavy atom. The second-order valence-electron chi connectivity index (χ2n) is 3.93. The van der Waals surface area contributed by atoms with Crippen LogP contribution in [0.15, 0.2) is 29.2 Å². The number of hydrogen-bond acceptors (Lipinski definition) is 5. The van der Waals surface area contributed by atoms with Crippen molar-refractivity contribution in [2.75, 3.05) is 23.8 Å². The third-order valence-corrected chi connectivity index (χ3v) is 4.72. The number of aliphatic hydroxyl groups is 1. The van der Waals surface area contributed by atoms with Crippen molar-refractivity contribution in [3.63, 3.8) is 0 Å². The van der Waals surface area contributed by atoms with E-state index in [1.54, 1.807) is 12.1 Å². The van der Waals surface area contributed by atoms with Crippen molar-refractivity contribution in [1.82, 2.24) is 4.72 Å². The summed E-state index contributed by atoms with van der Waals surface area (Å²) in [5, 5.41) is 9.00. The molecule has 18 heavy (non-hydrogen) atoms.